The smallest absolute Gasteiger partial charge is 0.249 e. The van der Waals surface area contributed by atoms with Gasteiger partial charge in [-0.05, 0) is 37.2 Å². The number of allylic oxidation sites excluding steroid dienone is 3. The molecule has 3 N–H and O–H groups in total. The predicted molar refractivity (Wildman–Crippen MR) is 109 cm³/mol. The van der Waals surface area contributed by atoms with Gasteiger partial charge in [0.2, 0.25) is 5.92 Å². The number of nitrogens with zero attached hydrogens (tertiary/aromatic N) is 3. The average Bonchev–Trinajstić information content (AvgIpc) is 3.38. The third-order valence-corrected chi connectivity index (χ3v) is 4.65. The minimum absolute atomic E-state index is 0.166. The molecule has 0 amide bonds. The van der Waals surface area contributed by atoms with Crippen LogP contribution in [0.25, 0.3) is 16.7 Å². The van der Waals surface area contributed by atoms with Crippen molar-refractivity contribution in [2.75, 3.05) is 13.6 Å². The van der Waals surface area contributed by atoms with Gasteiger partial charge in [0, 0.05) is 55.9 Å². The van der Waals surface area contributed by atoms with Gasteiger partial charge >= 0.3 is 0 Å². The van der Waals surface area contributed by atoms with Gasteiger partial charge in [-0.25, -0.2) is 13.8 Å². The van der Waals surface area contributed by atoms with Crippen molar-refractivity contribution in [1.29, 1.82) is 0 Å². The molecule has 0 spiro atoms. The van der Waals surface area contributed by atoms with E-state index in [2.05, 4.69) is 15.5 Å². The van der Waals surface area contributed by atoms with Gasteiger partial charge < -0.3 is 15.6 Å². The molecule has 0 bridgehead atoms. The molecule has 0 aromatic carbocycles. The Morgan fingerprint density at radius 1 is 1.34 bits per heavy atom. The highest BCUT2D eigenvalue weighted by molar-refractivity contribution is 5.81. The third kappa shape index (κ3) is 5.51. The van der Waals surface area contributed by atoms with Gasteiger partial charge in [-0.1, -0.05) is 11.2 Å². The Morgan fingerprint density at radius 3 is 2.93 bits per heavy atom. The Kier molecular flexibility index (Phi) is 6.77. The summed E-state index contributed by atoms with van der Waals surface area (Å²) in [5.74, 6) is -1.93. The number of aryl methyl sites for hydroxylation is 1. The molecule has 0 aliphatic carbocycles. The summed E-state index contributed by atoms with van der Waals surface area (Å²) in [6.07, 6.45) is 10.9. The Morgan fingerprint density at radius 2 is 2.21 bits per heavy atom. The van der Waals surface area contributed by atoms with Crippen LogP contribution in [-0.4, -0.2) is 34.2 Å². The first-order valence-corrected chi connectivity index (χ1v) is 9.49. The summed E-state index contributed by atoms with van der Waals surface area (Å²) in [6, 6.07) is 5.60. The Bertz CT molecular complexity index is 976. The van der Waals surface area contributed by atoms with Gasteiger partial charge in [0.1, 0.15) is 11.4 Å². The molecule has 6 nitrogen and oxygen atoms in total. The predicted octanol–water partition coefficient (Wildman–Crippen LogP) is 3.76. The largest absolute Gasteiger partial charge is 0.403 e. The van der Waals surface area contributed by atoms with Crippen molar-refractivity contribution < 1.29 is 13.3 Å². The average molecular weight is 401 g/mol. The van der Waals surface area contributed by atoms with E-state index in [9.17, 15) is 8.78 Å². The van der Waals surface area contributed by atoms with Crippen molar-refractivity contribution in [1.82, 2.24) is 20.0 Å². The number of fused-ring (bicyclic) bond motifs is 1. The molecule has 8 heteroatoms. The summed E-state index contributed by atoms with van der Waals surface area (Å²) in [5.41, 5.74) is 8.05. The van der Waals surface area contributed by atoms with Crippen LogP contribution >= 0.6 is 0 Å². The van der Waals surface area contributed by atoms with Crippen LogP contribution in [0.4, 0.5) is 8.78 Å². The molecular weight excluding hydrogens is 376 g/mol. The molecule has 0 aliphatic heterocycles. The number of alkyl halides is 2. The normalized spacial score (nSPS) is 13.0. The Labute approximate surface area is 168 Å². The van der Waals surface area contributed by atoms with Gasteiger partial charge in [0.25, 0.3) is 0 Å². The molecule has 0 saturated carbocycles. The molecule has 0 radical (unpaired) electrons. The molecular formula is C21H25F2N5O. The topological polar surface area (TPSA) is 81.9 Å². The number of nitrogens with two attached hydrogens (primary N) is 1. The SMILES string of the molecule is CNCCC(F)(F)CCc1cnc2c(ccn2C(/C=C\Cc2ccno2)=C/N)c1. The molecule has 3 aromatic rings. The van der Waals surface area contributed by atoms with Crippen LogP contribution < -0.4 is 11.1 Å². The molecule has 3 heterocycles. The highest BCUT2D eigenvalue weighted by Crippen LogP contribution is 2.26. The molecule has 0 atom stereocenters. The van der Waals surface area contributed by atoms with Crippen LogP contribution in [0, 0.1) is 0 Å². The Hall–Kier alpha value is -3.00. The lowest BCUT2D eigenvalue weighted by molar-refractivity contribution is -0.0148. The quantitative estimate of drug-likeness (QED) is 0.506. The van der Waals surface area contributed by atoms with Gasteiger partial charge in [-0.15, -0.1) is 0 Å². The lowest BCUT2D eigenvalue weighted by Crippen LogP contribution is -2.23. The number of aromatic nitrogens is 3. The second kappa shape index (κ2) is 9.47. The maximum atomic E-state index is 13.9. The van der Waals surface area contributed by atoms with E-state index in [0.717, 1.165) is 28.1 Å². The zero-order chi connectivity index (χ0) is 20.7. The molecule has 154 valence electrons. The lowest BCUT2D eigenvalue weighted by Gasteiger charge is -2.15. The van der Waals surface area contributed by atoms with Crippen molar-refractivity contribution in [3.8, 4) is 0 Å². The molecule has 0 unspecified atom stereocenters. The van der Waals surface area contributed by atoms with E-state index in [1.165, 1.54) is 6.20 Å². The number of nitrogens with one attached hydrogen (secondary N) is 1. The lowest BCUT2D eigenvalue weighted by atomic mass is 10.0. The maximum Gasteiger partial charge on any atom is 0.249 e. The second-order valence-corrected chi connectivity index (χ2v) is 6.83. The summed E-state index contributed by atoms with van der Waals surface area (Å²) in [7, 11) is 1.67. The van der Waals surface area contributed by atoms with E-state index in [1.54, 1.807) is 25.5 Å². The van der Waals surface area contributed by atoms with Crippen LogP contribution in [0.15, 0.2) is 59.7 Å². The van der Waals surface area contributed by atoms with Crippen molar-refractivity contribution in [2.45, 2.75) is 31.6 Å². The fourth-order valence-corrected chi connectivity index (χ4v) is 3.03. The fraction of sp³-hybridized carbons (Fsp3) is 0.333. The minimum Gasteiger partial charge on any atom is -0.403 e. The third-order valence-electron chi connectivity index (χ3n) is 4.65. The monoisotopic (exact) mass is 401 g/mol. The summed E-state index contributed by atoms with van der Waals surface area (Å²) < 4.78 is 34.7. The second-order valence-electron chi connectivity index (χ2n) is 6.83. The first-order chi connectivity index (χ1) is 14.0. The van der Waals surface area contributed by atoms with Crippen LogP contribution in [0.1, 0.15) is 24.2 Å². The van der Waals surface area contributed by atoms with Crippen LogP contribution in [0.3, 0.4) is 0 Å². The minimum atomic E-state index is -2.69. The van der Waals surface area contributed by atoms with E-state index in [0.29, 0.717) is 13.0 Å². The van der Waals surface area contributed by atoms with Gasteiger partial charge in [0.05, 0.1) is 11.9 Å². The molecule has 3 rings (SSSR count). The summed E-state index contributed by atoms with van der Waals surface area (Å²) in [6.45, 7) is 0.297. The number of rotatable bonds is 10. The van der Waals surface area contributed by atoms with Crippen molar-refractivity contribution in [3.05, 3.63) is 66.5 Å². The number of pyridine rings is 1. The maximum absolute atomic E-state index is 13.9. The zero-order valence-electron chi connectivity index (χ0n) is 16.3. The summed E-state index contributed by atoms with van der Waals surface area (Å²) in [5, 5.41) is 7.31. The van der Waals surface area contributed by atoms with E-state index in [-0.39, 0.29) is 19.3 Å². The van der Waals surface area contributed by atoms with E-state index >= 15 is 0 Å². The standard InChI is InChI=1S/C21H25F2N5O/c1-25-11-9-21(22,23)8-5-16-13-17-7-12-28(20(17)26-15-16)18(14-24)3-2-4-19-6-10-27-29-19/h2-3,6-7,10,12-15,25H,4-5,8-9,11,24H2,1H3/b3-2-,18-14+. The van der Waals surface area contributed by atoms with Crippen LogP contribution in [-0.2, 0) is 12.8 Å². The van der Waals surface area contributed by atoms with Crippen molar-refractivity contribution >= 4 is 16.7 Å². The summed E-state index contributed by atoms with van der Waals surface area (Å²) in [4.78, 5) is 4.48. The molecule has 0 saturated heterocycles. The van der Waals surface area contributed by atoms with Crippen LogP contribution in [0.5, 0.6) is 0 Å². The zero-order valence-corrected chi connectivity index (χ0v) is 16.3. The number of hydrogen-bond acceptors (Lipinski definition) is 5. The summed E-state index contributed by atoms with van der Waals surface area (Å²) >= 11 is 0. The number of hydrogen-bond donors (Lipinski definition) is 2. The molecule has 3 aromatic heterocycles. The van der Waals surface area contributed by atoms with Gasteiger partial charge in [-0.2, -0.15) is 0 Å². The number of halogens is 2. The van der Waals surface area contributed by atoms with Crippen LogP contribution in [0.2, 0.25) is 0 Å². The van der Waals surface area contributed by atoms with E-state index in [4.69, 9.17) is 10.3 Å². The van der Waals surface area contributed by atoms with Gasteiger partial charge in [-0.3, -0.25) is 4.57 Å². The van der Waals surface area contributed by atoms with Gasteiger partial charge in [0.15, 0.2) is 0 Å². The van der Waals surface area contributed by atoms with Crippen molar-refractivity contribution in [3.63, 3.8) is 0 Å². The highest BCUT2D eigenvalue weighted by Gasteiger charge is 2.27. The first-order valence-electron chi connectivity index (χ1n) is 9.49. The highest BCUT2D eigenvalue weighted by atomic mass is 19.3. The van der Waals surface area contributed by atoms with E-state index < -0.39 is 5.92 Å². The fourth-order valence-electron chi connectivity index (χ4n) is 3.03. The van der Waals surface area contributed by atoms with Crippen molar-refractivity contribution in [2.24, 2.45) is 5.73 Å². The Balaban J connectivity index is 1.70. The molecule has 29 heavy (non-hydrogen) atoms. The molecule has 0 fully saturated rings. The van der Waals surface area contributed by atoms with E-state index in [1.807, 2.05) is 35.0 Å². The first kappa shape index (κ1) is 20.7. The molecule has 0 aliphatic rings.